The second-order valence-electron chi connectivity index (χ2n) is 2.58. The number of hydrogen-bond acceptors (Lipinski definition) is 2. The van der Waals surface area contributed by atoms with Crippen molar-refractivity contribution in [3.8, 4) is 0 Å². The molecule has 1 atom stereocenters. The van der Waals surface area contributed by atoms with Crippen LogP contribution in [0.2, 0.25) is 0 Å². The van der Waals surface area contributed by atoms with Gasteiger partial charge in [0.15, 0.2) is 0 Å². The fraction of sp³-hybridized carbons (Fsp3) is 1.00. The summed E-state index contributed by atoms with van der Waals surface area (Å²) in [5.41, 5.74) is -1.85. The first-order valence-electron chi connectivity index (χ1n) is 2.77. The molecule has 0 amide bonds. The first-order valence-corrected chi connectivity index (χ1v) is 2.77. The van der Waals surface area contributed by atoms with Gasteiger partial charge in [-0.15, -0.1) is 12.4 Å². The second-order valence-corrected chi connectivity index (χ2v) is 2.58. The Hall–Kier alpha value is 0.0700. The molecule has 0 radical (unpaired) electrons. The Balaban J connectivity index is 0.000000810. The number of halogens is 3. The third-order valence-corrected chi connectivity index (χ3v) is 1.60. The summed E-state index contributed by atoms with van der Waals surface area (Å²) in [6, 6.07) is 0. The fourth-order valence-electron chi connectivity index (χ4n) is 0.783. The van der Waals surface area contributed by atoms with Crippen molar-refractivity contribution >= 4 is 12.4 Å². The first kappa shape index (κ1) is 10.1. The van der Waals surface area contributed by atoms with Crippen molar-refractivity contribution in [2.45, 2.75) is 18.4 Å². The minimum Gasteiger partial charge on any atom is -0.382 e. The van der Waals surface area contributed by atoms with E-state index in [9.17, 15) is 8.78 Å². The summed E-state index contributed by atoms with van der Waals surface area (Å²) in [7, 11) is 0. The summed E-state index contributed by atoms with van der Waals surface area (Å²) < 4.78 is 24.8. The highest BCUT2D eigenvalue weighted by Crippen LogP contribution is 2.30. The molecule has 1 aliphatic heterocycles. The average Bonchev–Trinajstić information content (AvgIpc) is 1.81. The van der Waals surface area contributed by atoms with Crippen LogP contribution in [0, 0.1) is 0 Å². The third kappa shape index (κ3) is 1.38. The maximum absolute atomic E-state index is 12.4. The molecule has 62 valence electrons. The van der Waals surface area contributed by atoms with Gasteiger partial charge in [0, 0.05) is 6.54 Å². The molecule has 1 saturated heterocycles. The summed E-state index contributed by atoms with van der Waals surface area (Å²) in [6.07, 6.45) is 0. The van der Waals surface area contributed by atoms with Gasteiger partial charge in [0.25, 0.3) is 5.92 Å². The van der Waals surface area contributed by atoms with Gasteiger partial charge in [0.05, 0.1) is 6.54 Å². The van der Waals surface area contributed by atoms with Crippen molar-refractivity contribution in [3.63, 3.8) is 0 Å². The van der Waals surface area contributed by atoms with Gasteiger partial charge in [0.2, 0.25) is 0 Å². The van der Waals surface area contributed by atoms with Crippen LogP contribution in [0.3, 0.4) is 0 Å². The quantitative estimate of drug-likeness (QED) is 0.556. The van der Waals surface area contributed by atoms with E-state index in [0.717, 1.165) is 6.92 Å². The summed E-state index contributed by atoms with van der Waals surface area (Å²) in [6.45, 7) is 0.688. The van der Waals surface area contributed by atoms with Gasteiger partial charge in [-0.05, 0) is 6.92 Å². The lowest BCUT2D eigenvalue weighted by Crippen LogP contribution is -2.43. The van der Waals surface area contributed by atoms with Gasteiger partial charge in [0.1, 0.15) is 5.60 Å². The van der Waals surface area contributed by atoms with E-state index in [1.807, 2.05) is 0 Å². The molecular formula is C5H10ClF2NO. The van der Waals surface area contributed by atoms with Crippen molar-refractivity contribution < 1.29 is 13.9 Å². The largest absolute Gasteiger partial charge is 0.382 e. The number of β-amino-alcohol motifs (C(OH)–C–C–N with tert-alkyl or cyclic N) is 1. The predicted molar refractivity (Wildman–Crippen MR) is 35.7 cm³/mol. The Morgan fingerprint density at radius 2 is 1.90 bits per heavy atom. The Bertz CT molecular complexity index is 115. The van der Waals surface area contributed by atoms with Crippen molar-refractivity contribution in [3.05, 3.63) is 0 Å². The molecule has 10 heavy (non-hydrogen) atoms. The summed E-state index contributed by atoms with van der Waals surface area (Å²) in [4.78, 5) is 0. The molecule has 0 aromatic rings. The van der Waals surface area contributed by atoms with E-state index in [1.54, 1.807) is 0 Å². The van der Waals surface area contributed by atoms with E-state index in [0.29, 0.717) is 0 Å². The van der Waals surface area contributed by atoms with Crippen LogP contribution in [-0.2, 0) is 0 Å². The molecule has 0 aromatic heterocycles. The molecule has 0 spiro atoms. The lowest BCUT2D eigenvalue weighted by atomic mass is 10.0. The minimum absolute atomic E-state index is 0. The molecule has 1 unspecified atom stereocenters. The monoisotopic (exact) mass is 173 g/mol. The van der Waals surface area contributed by atoms with Crippen LogP contribution < -0.4 is 5.32 Å². The molecular weight excluding hydrogens is 164 g/mol. The molecule has 0 bridgehead atoms. The summed E-state index contributed by atoms with van der Waals surface area (Å²) in [5, 5.41) is 11.3. The van der Waals surface area contributed by atoms with Gasteiger partial charge < -0.3 is 10.4 Å². The maximum Gasteiger partial charge on any atom is 0.289 e. The Morgan fingerprint density at radius 1 is 1.40 bits per heavy atom. The van der Waals surface area contributed by atoms with Crippen molar-refractivity contribution in [1.29, 1.82) is 0 Å². The lowest BCUT2D eigenvalue weighted by molar-refractivity contribution is -0.134. The fourth-order valence-corrected chi connectivity index (χ4v) is 0.783. The molecule has 0 aliphatic carbocycles. The molecule has 2 nitrogen and oxygen atoms in total. The zero-order valence-corrected chi connectivity index (χ0v) is 6.34. The standard InChI is InChI=1S/C5H9F2NO.ClH/c1-4(9)2-8-3-5(4,6)7;/h8-9H,2-3H2,1H3;1H. The number of rotatable bonds is 0. The third-order valence-electron chi connectivity index (χ3n) is 1.60. The zero-order valence-electron chi connectivity index (χ0n) is 5.53. The molecule has 0 aromatic carbocycles. The van der Waals surface area contributed by atoms with Crippen LogP contribution in [0.5, 0.6) is 0 Å². The molecule has 1 rings (SSSR count). The molecule has 1 aliphatic rings. The van der Waals surface area contributed by atoms with Crippen molar-refractivity contribution in [2.75, 3.05) is 13.1 Å². The van der Waals surface area contributed by atoms with Crippen LogP contribution >= 0.6 is 12.4 Å². The van der Waals surface area contributed by atoms with Gasteiger partial charge in [-0.1, -0.05) is 0 Å². The smallest absolute Gasteiger partial charge is 0.289 e. The molecule has 2 N–H and O–H groups in total. The molecule has 5 heteroatoms. The van der Waals surface area contributed by atoms with Gasteiger partial charge in [-0.25, -0.2) is 8.78 Å². The van der Waals surface area contributed by atoms with Crippen LogP contribution in [-0.4, -0.2) is 29.7 Å². The first-order chi connectivity index (χ1) is 3.96. The Morgan fingerprint density at radius 3 is 2.00 bits per heavy atom. The van der Waals surface area contributed by atoms with Crippen LogP contribution in [0.15, 0.2) is 0 Å². The number of aliphatic hydroxyl groups is 1. The number of alkyl halides is 2. The second kappa shape index (κ2) is 2.60. The summed E-state index contributed by atoms with van der Waals surface area (Å²) >= 11 is 0. The van der Waals surface area contributed by atoms with Crippen molar-refractivity contribution in [1.82, 2.24) is 5.32 Å². The predicted octanol–water partition coefficient (Wildman–Crippen LogP) is 0.398. The molecule has 1 fully saturated rings. The highest BCUT2D eigenvalue weighted by molar-refractivity contribution is 5.85. The van der Waals surface area contributed by atoms with E-state index in [-0.39, 0.29) is 19.0 Å². The zero-order chi connectivity index (χ0) is 7.12. The highest BCUT2D eigenvalue weighted by Gasteiger charge is 2.52. The SMILES string of the molecule is CC1(O)CNCC1(F)F.Cl. The maximum atomic E-state index is 12.4. The highest BCUT2D eigenvalue weighted by atomic mass is 35.5. The van der Waals surface area contributed by atoms with Gasteiger partial charge in [-0.2, -0.15) is 0 Å². The molecule has 0 saturated carbocycles. The Kier molecular flexibility index (Phi) is 2.62. The average molecular weight is 174 g/mol. The lowest BCUT2D eigenvalue weighted by Gasteiger charge is -2.22. The van der Waals surface area contributed by atoms with E-state index >= 15 is 0 Å². The van der Waals surface area contributed by atoms with Crippen molar-refractivity contribution in [2.24, 2.45) is 0 Å². The minimum atomic E-state index is -2.97. The van der Waals surface area contributed by atoms with E-state index < -0.39 is 18.1 Å². The topological polar surface area (TPSA) is 32.3 Å². The normalized spacial score (nSPS) is 37.2. The van der Waals surface area contributed by atoms with Gasteiger partial charge in [-0.3, -0.25) is 0 Å². The van der Waals surface area contributed by atoms with E-state index in [2.05, 4.69) is 5.32 Å². The summed E-state index contributed by atoms with van der Waals surface area (Å²) in [5.74, 6) is -2.97. The van der Waals surface area contributed by atoms with E-state index in [1.165, 1.54) is 0 Å². The van der Waals surface area contributed by atoms with Crippen LogP contribution in [0.4, 0.5) is 8.78 Å². The number of nitrogens with one attached hydrogen (secondary N) is 1. The number of hydrogen-bond donors (Lipinski definition) is 2. The van der Waals surface area contributed by atoms with E-state index in [4.69, 9.17) is 5.11 Å². The van der Waals surface area contributed by atoms with Gasteiger partial charge >= 0.3 is 0 Å². The van der Waals surface area contributed by atoms with Crippen LogP contribution in [0.25, 0.3) is 0 Å². The van der Waals surface area contributed by atoms with Crippen LogP contribution in [0.1, 0.15) is 6.92 Å². The Labute approximate surface area is 64.0 Å². The molecule has 1 heterocycles.